The van der Waals surface area contributed by atoms with Crippen molar-refractivity contribution in [2.75, 3.05) is 6.61 Å². The number of halogens is 1. The standard InChI is InChI=1S/C26H32BrNO3S/c1-4-6-8-13-20-17(3)24(29)23(32-26(20)28-19-11-9-7-10-12-19)16-18-14-21(27)25(30)22(15-18)31-5-2/h7,9,11,14-17,20,30H,4-6,8,10,12-13H2,1-3H3. The highest BCUT2D eigenvalue weighted by atomic mass is 79.9. The molecular formula is C26H32BrNO3S. The number of thioether (sulfide) groups is 1. The molecule has 1 fully saturated rings. The molecule has 1 aromatic rings. The fourth-order valence-corrected chi connectivity index (χ4v) is 5.78. The van der Waals surface area contributed by atoms with Crippen LogP contribution in [-0.2, 0) is 4.79 Å². The number of allylic oxidation sites excluding steroid dienone is 5. The van der Waals surface area contributed by atoms with Gasteiger partial charge in [0.2, 0.25) is 0 Å². The van der Waals surface area contributed by atoms with E-state index in [2.05, 4.69) is 41.1 Å². The molecule has 0 amide bonds. The third-order valence-electron chi connectivity index (χ3n) is 5.80. The summed E-state index contributed by atoms with van der Waals surface area (Å²) >= 11 is 4.90. The van der Waals surface area contributed by atoms with Crippen LogP contribution < -0.4 is 4.74 Å². The molecular weight excluding hydrogens is 486 g/mol. The molecule has 2 atom stereocenters. The summed E-state index contributed by atoms with van der Waals surface area (Å²) in [5, 5.41) is 11.3. The Morgan fingerprint density at radius 2 is 2.12 bits per heavy atom. The smallest absolute Gasteiger partial charge is 0.173 e. The number of nitrogens with zero attached hydrogens (tertiary/aromatic N) is 1. The molecule has 1 aromatic carbocycles. The first-order chi connectivity index (χ1) is 15.4. The van der Waals surface area contributed by atoms with Crippen LogP contribution in [0.5, 0.6) is 11.5 Å². The summed E-state index contributed by atoms with van der Waals surface area (Å²) in [6, 6.07) is 3.58. The molecule has 1 saturated heterocycles. The van der Waals surface area contributed by atoms with E-state index in [0.717, 1.165) is 48.4 Å². The fourth-order valence-electron chi connectivity index (χ4n) is 3.97. The lowest BCUT2D eigenvalue weighted by Crippen LogP contribution is -2.32. The molecule has 1 heterocycles. The molecule has 1 aliphatic carbocycles. The predicted octanol–water partition coefficient (Wildman–Crippen LogP) is 7.68. The van der Waals surface area contributed by atoms with Crippen molar-refractivity contribution < 1.29 is 14.6 Å². The molecule has 6 heteroatoms. The van der Waals surface area contributed by atoms with E-state index in [1.54, 1.807) is 6.07 Å². The van der Waals surface area contributed by atoms with Gasteiger partial charge in [-0.3, -0.25) is 9.79 Å². The lowest BCUT2D eigenvalue weighted by Gasteiger charge is -2.31. The minimum absolute atomic E-state index is 0.0699. The molecule has 2 unspecified atom stereocenters. The van der Waals surface area contributed by atoms with Gasteiger partial charge in [-0.05, 0) is 72.0 Å². The number of aromatic hydroxyl groups is 1. The predicted molar refractivity (Wildman–Crippen MR) is 138 cm³/mol. The fraction of sp³-hybridized carbons (Fsp3) is 0.462. The van der Waals surface area contributed by atoms with E-state index >= 15 is 0 Å². The topological polar surface area (TPSA) is 58.9 Å². The molecule has 2 aliphatic rings. The van der Waals surface area contributed by atoms with Crippen molar-refractivity contribution in [2.24, 2.45) is 16.8 Å². The Hall–Kier alpha value is -1.79. The Morgan fingerprint density at radius 3 is 2.81 bits per heavy atom. The number of ketones is 1. The maximum absolute atomic E-state index is 13.3. The Bertz CT molecular complexity index is 964. The molecule has 3 rings (SSSR count). The van der Waals surface area contributed by atoms with Gasteiger partial charge in [0.15, 0.2) is 17.3 Å². The number of ether oxygens (including phenoxy) is 1. The minimum atomic E-state index is -0.107. The zero-order chi connectivity index (χ0) is 23.1. The average molecular weight is 519 g/mol. The van der Waals surface area contributed by atoms with Crippen LogP contribution in [0.2, 0.25) is 0 Å². The van der Waals surface area contributed by atoms with Gasteiger partial charge in [0.05, 0.1) is 21.0 Å². The van der Waals surface area contributed by atoms with Gasteiger partial charge >= 0.3 is 0 Å². The van der Waals surface area contributed by atoms with Crippen LogP contribution in [0, 0.1) is 11.8 Å². The van der Waals surface area contributed by atoms with Gasteiger partial charge < -0.3 is 9.84 Å². The second-order valence-electron chi connectivity index (χ2n) is 8.22. The summed E-state index contributed by atoms with van der Waals surface area (Å²) in [5.41, 5.74) is 1.90. The van der Waals surface area contributed by atoms with Crippen molar-refractivity contribution >= 4 is 44.6 Å². The van der Waals surface area contributed by atoms with E-state index in [4.69, 9.17) is 9.73 Å². The summed E-state index contributed by atoms with van der Waals surface area (Å²) in [5.74, 6) is 0.689. The number of hydrogen-bond acceptors (Lipinski definition) is 5. The SMILES string of the molecule is CCCCCC1C(=NC2=CC=CCC2)SC(=Cc2cc(Br)c(O)c(OCC)c2)C(=O)C1C. The summed E-state index contributed by atoms with van der Waals surface area (Å²) in [4.78, 5) is 19.0. The highest BCUT2D eigenvalue weighted by Crippen LogP contribution is 2.42. The van der Waals surface area contributed by atoms with Crippen LogP contribution in [-0.4, -0.2) is 22.5 Å². The quantitative estimate of drug-likeness (QED) is 0.283. The third kappa shape index (κ3) is 6.16. The molecule has 0 spiro atoms. The van der Waals surface area contributed by atoms with Gasteiger partial charge in [0.25, 0.3) is 0 Å². The van der Waals surface area contributed by atoms with Crippen molar-refractivity contribution in [1.29, 1.82) is 0 Å². The highest BCUT2D eigenvalue weighted by Gasteiger charge is 2.36. The minimum Gasteiger partial charge on any atom is -0.503 e. The van der Waals surface area contributed by atoms with Gasteiger partial charge in [0.1, 0.15) is 0 Å². The first kappa shape index (κ1) is 24.8. The zero-order valence-corrected chi connectivity index (χ0v) is 21.5. The van der Waals surface area contributed by atoms with Crippen molar-refractivity contribution in [3.63, 3.8) is 0 Å². The third-order valence-corrected chi connectivity index (χ3v) is 7.55. The van der Waals surface area contributed by atoms with Gasteiger partial charge in [-0.1, -0.05) is 57.0 Å². The van der Waals surface area contributed by atoms with E-state index in [0.29, 0.717) is 21.7 Å². The molecule has 172 valence electrons. The van der Waals surface area contributed by atoms with Gasteiger partial charge in [-0.2, -0.15) is 0 Å². The van der Waals surface area contributed by atoms with Crippen LogP contribution in [0.4, 0.5) is 0 Å². The van der Waals surface area contributed by atoms with E-state index < -0.39 is 0 Å². The lowest BCUT2D eigenvalue weighted by atomic mass is 9.85. The Kier molecular flexibility index (Phi) is 9.23. The van der Waals surface area contributed by atoms with Crippen molar-refractivity contribution in [1.82, 2.24) is 0 Å². The molecule has 0 saturated carbocycles. The second-order valence-corrected chi connectivity index (χ2v) is 10.1. The van der Waals surface area contributed by atoms with Gasteiger partial charge in [-0.25, -0.2) is 0 Å². The van der Waals surface area contributed by atoms with E-state index in [-0.39, 0.29) is 23.4 Å². The van der Waals surface area contributed by atoms with Crippen LogP contribution >= 0.6 is 27.7 Å². The number of phenols is 1. The monoisotopic (exact) mass is 517 g/mol. The Labute approximate surface area is 204 Å². The summed E-state index contributed by atoms with van der Waals surface area (Å²) < 4.78 is 6.09. The number of benzene rings is 1. The number of carbonyl (C=O) groups excluding carboxylic acids is 1. The van der Waals surface area contributed by atoms with E-state index in [1.807, 2.05) is 26.0 Å². The summed E-state index contributed by atoms with van der Waals surface area (Å²) in [6.45, 7) is 6.56. The number of hydrogen-bond donors (Lipinski definition) is 1. The molecule has 0 aromatic heterocycles. The van der Waals surface area contributed by atoms with E-state index in [9.17, 15) is 9.90 Å². The molecule has 4 nitrogen and oxygen atoms in total. The summed E-state index contributed by atoms with van der Waals surface area (Å²) in [6.07, 6.45) is 14.6. The number of aliphatic imine (C=N–C) groups is 1. The van der Waals surface area contributed by atoms with E-state index in [1.165, 1.54) is 18.2 Å². The first-order valence-electron chi connectivity index (χ1n) is 11.5. The number of unbranched alkanes of at least 4 members (excludes halogenated alkanes) is 2. The highest BCUT2D eigenvalue weighted by molar-refractivity contribution is 9.10. The maximum atomic E-state index is 13.3. The molecule has 1 N–H and O–H groups in total. The van der Waals surface area contributed by atoms with Gasteiger partial charge in [-0.15, -0.1) is 0 Å². The number of Topliss-reactive ketones (excluding diaryl/α,β-unsaturated/α-hetero) is 1. The van der Waals surface area contributed by atoms with Crippen molar-refractivity contribution in [3.8, 4) is 11.5 Å². The van der Waals surface area contributed by atoms with Crippen LogP contribution in [0.1, 0.15) is 64.9 Å². The first-order valence-corrected chi connectivity index (χ1v) is 13.1. The number of carbonyl (C=O) groups is 1. The van der Waals surface area contributed by atoms with Gasteiger partial charge in [0, 0.05) is 17.5 Å². The number of phenolic OH excluding ortho intramolecular Hbond substituents is 1. The molecule has 0 bridgehead atoms. The Morgan fingerprint density at radius 1 is 1.31 bits per heavy atom. The Balaban J connectivity index is 1.96. The van der Waals surface area contributed by atoms with Crippen molar-refractivity contribution in [3.05, 3.63) is 51.0 Å². The van der Waals surface area contributed by atoms with Crippen LogP contribution in [0.25, 0.3) is 6.08 Å². The second kappa shape index (κ2) is 11.9. The normalized spacial score (nSPS) is 23.6. The molecule has 0 radical (unpaired) electrons. The summed E-state index contributed by atoms with van der Waals surface area (Å²) in [7, 11) is 0. The molecule has 32 heavy (non-hydrogen) atoms. The lowest BCUT2D eigenvalue weighted by molar-refractivity contribution is -0.118. The average Bonchev–Trinajstić information content (AvgIpc) is 2.78. The molecule has 1 aliphatic heterocycles. The van der Waals surface area contributed by atoms with Crippen molar-refractivity contribution in [2.45, 2.75) is 59.3 Å². The zero-order valence-electron chi connectivity index (χ0n) is 19.1. The maximum Gasteiger partial charge on any atom is 0.173 e. The largest absolute Gasteiger partial charge is 0.503 e. The van der Waals surface area contributed by atoms with Crippen LogP contribution in [0.15, 0.2) is 50.4 Å². The van der Waals surface area contributed by atoms with Crippen LogP contribution in [0.3, 0.4) is 0 Å². The number of rotatable bonds is 8.